The molecule has 1 aromatic carbocycles. The molecule has 2 N–H and O–H groups in total. The van der Waals surface area contributed by atoms with Crippen molar-refractivity contribution in [1.82, 2.24) is 10.2 Å². The van der Waals surface area contributed by atoms with Gasteiger partial charge in [-0.2, -0.15) is 0 Å². The lowest BCUT2D eigenvalue weighted by Crippen LogP contribution is -2.64. The Hall–Kier alpha value is -2.88. The number of hydrogen-bond acceptors (Lipinski definition) is 6. The van der Waals surface area contributed by atoms with E-state index in [1.165, 1.54) is 32.2 Å². The number of ether oxygens (including phenoxy) is 3. The van der Waals surface area contributed by atoms with Crippen LogP contribution in [0.4, 0.5) is 14.9 Å². The van der Waals surface area contributed by atoms with Crippen molar-refractivity contribution in [1.29, 1.82) is 0 Å². The van der Waals surface area contributed by atoms with Crippen LogP contribution in [0.3, 0.4) is 0 Å². The highest BCUT2D eigenvalue weighted by molar-refractivity contribution is 6.00. The van der Waals surface area contributed by atoms with E-state index in [4.69, 9.17) is 14.2 Å². The number of nitrogens with one attached hydrogen (secondary N) is 2. The summed E-state index contributed by atoms with van der Waals surface area (Å²) < 4.78 is 30.8. The highest BCUT2D eigenvalue weighted by Gasteiger charge is 2.50. The number of halogens is 1. The molecule has 0 aromatic heterocycles. The number of carbonyl (C=O) groups excluding carboxylic acids is 3. The first-order valence-corrected chi connectivity index (χ1v) is 10.6. The molecule has 3 rings (SSSR count). The fourth-order valence-corrected chi connectivity index (χ4v) is 3.64. The highest BCUT2D eigenvalue weighted by Crippen LogP contribution is 2.38. The van der Waals surface area contributed by atoms with Crippen molar-refractivity contribution in [3.8, 4) is 5.75 Å². The summed E-state index contributed by atoms with van der Waals surface area (Å²) in [6.07, 6.45) is -0.0275. The molecule has 176 valence electrons. The molecule has 1 spiro atoms. The third-order valence-corrected chi connectivity index (χ3v) is 5.57. The SMILES string of the molecule is C[C@@H](C(=O)N[C@H]1C(=O)Nc2ccc(F)cc2OC12CCOCC2)N(C)C(=O)OC(C)(C)C. The van der Waals surface area contributed by atoms with Crippen LogP contribution in [0.2, 0.25) is 0 Å². The lowest BCUT2D eigenvalue weighted by atomic mass is 9.85. The maximum Gasteiger partial charge on any atom is 0.410 e. The summed E-state index contributed by atoms with van der Waals surface area (Å²) in [7, 11) is 1.45. The molecule has 32 heavy (non-hydrogen) atoms. The van der Waals surface area contributed by atoms with Gasteiger partial charge in [0.25, 0.3) is 5.91 Å². The summed E-state index contributed by atoms with van der Waals surface area (Å²) in [5, 5.41) is 5.45. The predicted molar refractivity (Wildman–Crippen MR) is 114 cm³/mol. The number of rotatable bonds is 3. The van der Waals surface area contributed by atoms with Gasteiger partial charge < -0.3 is 24.8 Å². The van der Waals surface area contributed by atoms with Crippen molar-refractivity contribution in [2.45, 2.75) is 63.8 Å². The zero-order chi connectivity index (χ0) is 23.7. The number of anilines is 1. The zero-order valence-electron chi connectivity index (χ0n) is 19.0. The number of nitrogens with zero attached hydrogens (tertiary/aromatic N) is 1. The Morgan fingerprint density at radius 3 is 2.59 bits per heavy atom. The van der Waals surface area contributed by atoms with Crippen LogP contribution in [0.15, 0.2) is 18.2 Å². The fraction of sp³-hybridized carbons (Fsp3) is 0.591. The monoisotopic (exact) mass is 451 g/mol. The van der Waals surface area contributed by atoms with Crippen LogP contribution >= 0.6 is 0 Å². The van der Waals surface area contributed by atoms with E-state index in [0.29, 0.717) is 31.7 Å². The minimum Gasteiger partial charge on any atom is -0.482 e. The first-order chi connectivity index (χ1) is 14.9. The van der Waals surface area contributed by atoms with E-state index in [1.807, 2.05) is 0 Å². The van der Waals surface area contributed by atoms with E-state index in [0.717, 1.165) is 4.90 Å². The molecule has 2 heterocycles. The number of amides is 3. The first-order valence-electron chi connectivity index (χ1n) is 10.6. The molecule has 3 amide bonds. The molecule has 9 nitrogen and oxygen atoms in total. The number of likely N-dealkylation sites (N-methyl/N-ethyl adjacent to an activating group) is 1. The summed E-state index contributed by atoms with van der Waals surface area (Å²) in [4.78, 5) is 39.7. The quantitative estimate of drug-likeness (QED) is 0.731. The lowest BCUT2D eigenvalue weighted by Gasteiger charge is -2.41. The molecule has 2 aliphatic heterocycles. The van der Waals surface area contributed by atoms with E-state index in [-0.39, 0.29) is 5.75 Å². The number of fused-ring (bicyclic) bond motifs is 1. The number of hydrogen-bond donors (Lipinski definition) is 2. The van der Waals surface area contributed by atoms with Crippen molar-refractivity contribution < 1.29 is 33.0 Å². The minimum atomic E-state index is -1.12. The number of benzene rings is 1. The van der Waals surface area contributed by atoms with E-state index < -0.39 is 47.0 Å². The van der Waals surface area contributed by atoms with Gasteiger partial charge in [-0.15, -0.1) is 0 Å². The topological polar surface area (TPSA) is 106 Å². The van der Waals surface area contributed by atoms with Gasteiger partial charge in [0.15, 0.2) is 0 Å². The smallest absolute Gasteiger partial charge is 0.410 e. The second kappa shape index (κ2) is 8.93. The van der Waals surface area contributed by atoms with E-state index >= 15 is 0 Å². The second-order valence-electron chi connectivity index (χ2n) is 9.12. The molecule has 0 unspecified atom stereocenters. The first kappa shape index (κ1) is 23.8. The molecule has 1 saturated heterocycles. The molecule has 10 heteroatoms. The predicted octanol–water partition coefficient (Wildman–Crippen LogP) is 2.45. The summed E-state index contributed by atoms with van der Waals surface area (Å²) >= 11 is 0. The largest absolute Gasteiger partial charge is 0.482 e. The highest BCUT2D eigenvalue weighted by atomic mass is 19.1. The average Bonchev–Trinajstić information content (AvgIpc) is 2.81. The Morgan fingerprint density at radius 1 is 1.31 bits per heavy atom. The molecular formula is C22H30FN3O6. The van der Waals surface area contributed by atoms with Crippen molar-refractivity contribution >= 4 is 23.6 Å². The molecule has 0 aliphatic carbocycles. The van der Waals surface area contributed by atoms with Gasteiger partial charge in [0.05, 0.1) is 18.9 Å². The summed E-state index contributed by atoms with van der Waals surface area (Å²) in [6, 6.07) is 1.84. The van der Waals surface area contributed by atoms with Crippen molar-refractivity contribution in [3.05, 3.63) is 24.0 Å². The van der Waals surface area contributed by atoms with E-state index in [2.05, 4.69) is 10.6 Å². The lowest BCUT2D eigenvalue weighted by molar-refractivity contribution is -0.138. The van der Waals surface area contributed by atoms with Crippen molar-refractivity contribution in [2.75, 3.05) is 25.6 Å². The van der Waals surface area contributed by atoms with Gasteiger partial charge in [-0.25, -0.2) is 9.18 Å². The minimum absolute atomic E-state index is 0.191. The van der Waals surface area contributed by atoms with Crippen molar-refractivity contribution in [3.63, 3.8) is 0 Å². The second-order valence-corrected chi connectivity index (χ2v) is 9.12. The van der Waals surface area contributed by atoms with Gasteiger partial charge in [0.2, 0.25) is 5.91 Å². The Labute approximate surface area is 186 Å². The summed E-state index contributed by atoms with van der Waals surface area (Å²) in [5.41, 5.74) is -1.52. The normalized spacial score (nSPS) is 20.8. The molecule has 2 atom stereocenters. The Balaban J connectivity index is 1.84. The van der Waals surface area contributed by atoms with Crippen LogP contribution in [0.1, 0.15) is 40.5 Å². The van der Waals surface area contributed by atoms with E-state index in [9.17, 15) is 18.8 Å². The van der Waals surface area contributed by atoms with Crippen LogP contribution in [-0.4, -0.2) is 66.4 Å². The van der Waals surface area contributed by atoms with Crippen LogP contribution in [0.5, 0.6) is 5.75 Å². The van der Waals surface area contributed by atoms with Gasteiger partial charge in [-0.1, -0.05) is 0 Å². The summed E-state index contributed by atoms with van der Waals surface area (Å²) in [5.74, 6) is -1.35. The van der Waals surface area contributed by atoms with Crippen molar-refractivity contribution in [2.24, 2.45) is 0 Å². The molecule has 1 aromatic rings. The van der Waals surface area contributed by atoms with Crippen LogP contribution in [-0.2, 0) is 19.1 Å². The Morgan fingerprint density at radius 2 is 1.97 bits per heavy atom. The third kappa shape index (κ3) is 5.12. The van der Waals surface area contributed by atoms with Gasteiger partial charge in [-0.3, -0.25) is 14.5 Å². The zero-order valence-corrected chi connectivity index (χ0v) is 19.0. The van der Waals surface area contributed by atoms with Gasteiger partial charge in [-0.05, 0) is 39.8 Å². The molecule has 2 aliphatic rings. The number of carbonyl (C=O) groups is 3. The van der Waals surface area contributed by atoms with Gasteiger partial charge >= 0.3 is 6.09 Å². The average molecular weight is 451 g/mol. The van der Waals surface area contributed by atoms with Gasteiger partial charge in [0, 0.05) is 26.0 Å². The summed E-state index contributed by atoms with van der Waals surface area (Å²) in [6.45, 7) is 7.36. The molecular weight excluding hydrogens is 421 g/mol. The maximum absolute atomic E-state index is 13.8. The Bertz CT molecular complexity index is 894. The maximum atomic E-state index is 13.8. The third-order valence-electron chi connectivity index (χ3n) is 5.57. The molecule has 0 bridgehead atoms. The van der Waals surface area contributed by atoms with Crippen LogP contribution < -0.4 is 15.4 Å². The molecule has 0 saturated carbocycles. The van der Waals surface area contributed by atoms with Crippen LogP contribution in [0.25, 0.3) is 0 Å². The fourth-order valence-electron chi connectivity index (χ4n) is 3.64. The van der Waals surface area contributed by atoms with Crippen LogP contribution in [0, 0.1) is 5.82 Å². The van der Waals surface area contributed by atoms with Gasteiger partial charge in [0.1, 0.15) is 34.9 Å². The molecule has 0 radical (unpaired) electrons. The standard InChI is InChI=1S/C22H30FN3O6/c1-13(26(5)20(29)32-21(2,3)4)18(27)25-17-19(28)24-15-7-6-14(23)12-16(15)31-22(17)8-10-30-11-9-22/h6-7,12-13,17H,8-11H2,1-5H3,(H,24,28)(H,25,27)/t13-,17-/m0/s1. The molecule has 1 fully saturated rings. The van der Waals surface area contributed by atoms with E-state index in [1.54, 1.807) is 20.8 Å². The Kier molecular flexibility index (Phi) is 6.64.